The minimum absolute atomic E-state index is 0.153. The summed E-state index contributed by atoms with van der Waals surface area (Å²) >= 11 is 0. The van der Waals surface area contributed by atoms with Crippen LogP contribution in [-0.4, -0.2) is 40.8 Å². The summed E-state index contributed by atoms with van der Waals surface area (Å²) in [7, 11) is 7.14. The Morgan fingerprint density at radius 1 is 1.04 bits per heavy atom. The maximum absolute atomic E-state index is 12.3. The molecule has 2 aromatic carbocycles. The lowest BCUT2D eigenvalue weighted by molar-refractivity contribution is 0.0951. The van der Waals surface area contributed by atoms with E-state index in [1.165, 1.54) is 12.7 Å². The SMILES string of the molecule is COc1ccc(C(=O)NCCc2ccc(N(C)C)cc2)c(OC)c1. The monoisotopic (exact) mass is 328 g/mol. The highest BCUT2D eigenvalue weighted by atomic mass is 16.5. The number of benzene rings is 2. The van der Waals surface area contributed by atoms with Crippen molar-refractivity contribution in [1.29, 1.82) is 0 Å². The molecule has 2 rings (SSSR count). The first kappa shape index (κ1) is 17.7. The molecule has 0 aliphatic rings. The van der Waals surface area contributed by atoms with Crippen molar-refractivity contribution in [1.82, 2.24) is 5.32 Å². The van der Waals surface area contributed by atoms with Crippen molar-refractivity contribution >= 4 is 11.6 Å². The molecule has 0 aromatic heterocycles. The minimum atomic E-state index is -0.153. The first-order valence-electron chi connectivity index (χ1n) is 7.81. The zero-order chi connectivity index (χ0) is 17.5. The van der Waals surface area contributed by atoms with Gasteiger partial charge in [0.05, 0.1) is 19.8 Å². The predicted octanol–water partition coefficient (Wildman–Crippen LogP) is 2.74. The molecule has 128 valence electrons. The molecule has 2 aromatic rings. The Kier molecular flexibility index (Phi) is 6.07. The number of hydrogen-bond acceptors (Lipinski definition) is 4. The summed E-state index contributed by atoms with van der Waals surface area (Å²) in [6.45, 7) is 0.565. The third-order valence-electron chi connectivity index (χ3n) is 3.81. The summed E-state index contributed by atoms with van der Waals surface area (Å²) in [6, 6.07) is 13.5. The van der Waals surface area contributed by atoms with Gasteiger partial charge in [-0.15, -0.1) is 0 Å². The molecule has 0 spiro atoms. The summed E-state index contributed by atoms with van der Waals surface area (Å²) in [5.41, 5.74) is 2.84. The van der Waals surface area contributed by atoms with Crippen LogP contribution in [0.1, 0.15) is 15.9 Å². The molecular formula is C19H24N2O3. The fourth-order valence-electron chi connectivity index (χ4n) is 2.36. The van der Waals surface area contributed by atoms with E-state index in [1.807, 2.05) is 14.1 Å². The van der Waals surface area contributed by atoms with Crippen LogP contribution in [0.2, 0.25) is 0 Å². The Morgan fingerprint density at radius 2 is 1.75 bits per heavy atom. The van der Waals surface area contributed by atoms with E-state index in [-0.39, 0.29) is 5.91 Å². The Morgan fingerprint density at radius 3 is 2.33 bits per heavy atom. The molecular weight excluding hydrogens is 304 g/mol. The van der Waals surface area contributed by atoms with Crippen molar-refractivity contribution in [3.63, 3.8) is 0 Å². The lowest BCUT2D eigenvalue weighted by Crippen LogP contribution is -2.26. The summed E-state index contributed by atoms with van der Waals surface area (Å²) in [6.07, 6.45) is 0.776. The van der Waals surface area contributed by atoms with Gasteiger partial charge in [0.15, 0.2) is 0 Å². The van der Waals surface area contributed by atoms with Gasteiger partial charge in [-0.3, -0.25) is 4.79 Å². The third kappa shape index (κ3) is 4.41. The molecule has 0 saturated heterocycles. The number of amides is 1. The molecule has 0 radical (unpaired) electrons. The van der Waals surface area contributed by atoms with E-state index in [0.717, 1.165) is 12.1 Å². The molecule has 0 aliphatic heterocycles. The molecule has 24 heavy (non-hydrogen) atoms. The van der Waals surface area contributed by atoms with Gasteiger partial charge in [-0.1, -0.05) is 12.1 Å². The first-order valence-corrected chi connectivity index (χ1v) is 7.81. The number of ether oxygens (including phenoxy) is 2. The molecule has 0 saturated carbocycles. The van der Waals surface area contributed by atoms with Crippen molar-refractivity contribution < 1.29 is 14.3 Å². The van der Waals surface area contributed by atoms with Gasteiger partial charge in [0.25, 0.3) is 5.91 Å². The third-order valence-corrected chi connectivity index (χ3v) is 3.81. The van der Waals surface area contributed by atoms with Crippen LogP contribution in [0, 0.1) is 0 Å². The lowest BCUT2D eigenvalue weighted by atomic mass is 10.1. The van der Waals surface area contributed by atoms with Crippen LogP contribution < -0.4 is 19.7 Å². The Bertz CT molecular complexity index is 682. The van der Waals surface area contributed by atoms with Gasteiger partial charge in [-0.25, -0.2) is 0 Å². The first-order chi connectivity index (χ1) is 11.5. The maximum Gasteiger partial charge on any atom is 0.255 e. The van der Waals surface area contributed by atoms with Crippen molar-refractivity contribution in [3.8, 4) is 11.5 Å². The second kappa shape index (κ2) is 8.24. The number of nitrogens with one attached hydrogen (secondary N) is 1. The average Bonchev–Trinajstić information content (AvgIpc) is 2.61. The topological polar surface area (TPSA) is 50.8 Å². The molecule has 5 heteroatoms. The number of nitrogens with zero attached hydrogens (tertiary/aromatic N) is 1. The standard InChI is InChI=1S/C19H24N2O3/c1-21(2)15-7-5-14(6-8-15)11-12-20-19(22)17-10-9-16(23-3)13-18(17)24-4/h5-10,13H,11-12H2,1-4H3,(H,20,22). The summed E-state index contributed by atoms with van der Waals surface area (Å²) in [4.78, 5) is 14.4. The molecule has 1 N–H and O–H groups in total. The normalized spacial score (nSPS) is 10.2. The van der Waals surface area contributed by atoms with Crippen LogP contribution in [0.3, 0.4) is 0 Å². The molecule has 0 unspecified atom stereocenters. The number of methoxy groups -OCH3 is 2. The highest BCUT2D eigenvalue weighted by molar-refractivity contribution is 5.97. The molecule has 5 nitrogen and oxygen atoms in total. The van der Waals surface area contributed by atoms with Gasteiger partial charge in [0.2, 0.25) is 0 Å². The minimum Gasteiger partial charge on any atom is -0.497 e. The fraction of sp³-hybridized carbons (Fsp3) is 0.316. The number of carbonyl (C=O) groups is 1. The van der Waals surface area contributed by atoms with Gasteiger partial charge in [-0.05, 0) is 36.2 Å². The van der Waals surface area contributed by atoms with E-state index in [0.29, 0.717) is 23.6 Å². The van der Waals surface area contributed by atoms with E-state index in [9.17, 15) is 4.79 Å². The summed E-state index contributed by atoms with van der Waals surface area (Å²) in [5, 5.41) is 2.93. The Balaban J connectivity index is 1.93. The number of rotatable bonds is 7. The van der Waals surface area contributed by atoms with Crippen molar-refractivity contribution in [3.05, 3.63) is 53.6 Å². The zero-order valence-electron chi connectivity index (χ0n) is 14.6. The van der Waals surface area contributed by atoms with Crippen LogP contribution in [0.15, 0.2) is 42.5 Å². The second-order valence-corrected chi connectivity index (χ2v) is 5.63. The van der Waals surface area contributed by atoms with Gasteiger partial charge >= 0.3 is 0 Å². The summed E-state index contributed by atoms with van der Waals surface area (Å²) in [5.74, 6) is 1.01. The predicted molar refractivity (Wildman–Crippen MR) is 96.4 cm³/mol. The highest BCUT2D eigenvalue weighted by Gasteiger charge is 2.12. The molecule has 0 fully saturated rings. The van der Waals surface area contributed by atoms with E-state index in [1.54, 1.807) is 25.3 Å². The lowest BCUT2D eigenvalue weighted by Gasteiger charge is -2.13. The van der Waals surface area contributed by atoms with Crippen molar-refractivity contribution in [2.45, 2.75) is 6.42 Å². The van der Waals surface area contributed by atoms with E-state index >= 15 is 0 Å². The Labute approximate surface area is 143 Å². The zero-order valence-corrected chi connectivity index (χ0v) is 14.6. The maximum atomic E-state index is 12.3. The van der Waals surface area contributed by atoms with Gasteiger partial charge in [-0.2, -0.15) is 0 Å². The summed E-state index contributed by atoms with van der Waals surface area (Å²) < 4.78 is 10.4. The van der Waals surface area contributed by atoms with Gasteiger partial charge in [0.1, 0.15) is 11.5 Å². The molecule has 1 amide bonds. The van der Waals surface area contributed by atoms with Gasteiger partial charge in [0, 0.05) is 32.4 Å². The smallest absolute Gasteiger partial charge is 0.255 e. The van der Waals surface area contributed by atoms with Crippen LogP contribution in [0.4, 0.5) is 5.69 Å². The number of anilines is 1. The number of carbonyl (C=O) groups excluding carboxylic acids is 1. The molecule has 0 heterocycles. The van der Waals surface area contributed by atoms with Crippen LogP contribution in [0.5, 0.6) is 11.5 Å². The second-order valence-electron chi connectivity index (χ2n) is 5.63. The fourth-order valence-corrected chi connectivity index (χ4v) is 2.36. The van der Waals surface area contributed by atoms with Crippen LogP contribution >= 0.6 is 0 Å². The number of hydrogen-bond donors (Lipinski definition) is 1. The highest BCUT2D eigenvalue weighted by Crippen LogP contribution is 2.24. The van der Waals surface area contributed by atoms with E-state index in [4.69, 9.17) is 9.47 Å². The van der Waals surface area contributed by atoms with E-state index < -0.39 is 0 Å². The average molecular weight is 328 g/mol. The molecule has 0 aliphatic carbocycles. The Hall–Kier alpha value is -2.69. The quantitative estimate of drug-likeness (QED) is 0.849. The molecule has 0 bridgehead atoms. The van der Waals surface area contributed by atoms with E-state index in [2.05, 4.69) is 34.5 Å². The van der Waals surface area contributed by atoms with Crippen molar-refractivity contribution in [2.24, 2.45) is 0 Å². The van der Waals surface area contributed by atoms with Crippen LogP contribution in [0.25, 0.3) is 0 Å². The largest absolute Gasteiger partial charge is 0.497 e. The molecule has 0 atom stereocenters. The van der Waals surface area contributed by atoms with Crippen molar-refractivity contribution in [2.75, 3.05) is 39.8 Å². The van der Waals surface area contributed by atoms with Gasteiger partial charge < -0.3 is 19.7 Å². The van der Waals surface area contributed by atoms with Crippen LogP contribution in [-0.2, 0) is 6.42 Å².